The molecule has 8 nitrogen and oxygen atoms in total. The van der Waals surface area contributed by atoms with Gasteiger partial charge in [-0.15, -0.1) is 0 Å². The van der Waals surface area contributed by atoms with Crippen LogP contribution in [-0.2, 0) is 14.1 Å². The van der Waals surface area contributed by atoms with E-state index in [1.54, 1.807) is 24.8 Å². The molecular weight excluding hydrogens is 234 g/mol. The highest BCUT2D eigenvalue weighted by Crippen LogP contribution is 2.14. The van der Waals surface area contributed by atoms with Crippen molar-refractivity contribution in [1.29, 1.82) is 0 Å². The van der Waals surface area contributed by atoms with Crippen LogP contribution in [0.4, 0.5) is 5.95 Å². The summed E-state index contributed by atoms with van der Waals surface area (Å²) >= 11 is 0. The van der Waals surface area contributed by atoms with Gasteiger partial charge in [0, 0.05) is 14.1 Å². The number of carbonyl (C=O) groups excluding carboxylic acids is 1. The highest BCUT2D eigenvalue weighted by atomic mass is 16.2. The van der Waals surface area contributed by atoms with Gasteiger partial charge in [-0.2, -0.15) is 5.10 Å². The number of aromatic nitrogens is 6. The zero-order valence-corrected chi connectivity index (χ0v) is 10.7. The van der Waals surface area contributed by atoms with E-state index in [1.165, 1.54) is 4.68 Å². The number of aryl methyl sites for hydroxylation is 2. The van der Waals surface area contributed by atoms with Crippen LogP contribution in [0.5, 0.6) is 0 Å². The van der Waals surface area contributed by atoms with Crippen LogP contribution >= 0.6 is 0 Å². The van der Waals surface area contributed by atoms with Gasteiger partial charge in [-0.3, -0.25) is 14.8 Å². The molecule has 1 amide bonds. The molecule has 0 atom stereocenters. The number of hydrogen-bond acceptors (Lipinski definition) is 5. The quantitative estimate of drug-likeness (QED) is 0.845. The molecule has 2 heterocycles. The summed E-state index contributed by atoms with van der Waals surface area (Å²) in [6, 6.07) is 1.77. The van der Waals surface area contributed by atoms with Gasteiger partial charge in [0.25, 0.3) is 5.91 Å². The second kappa shape index (κ2) is 4.55. The van der Waals surface area contributed by atoms with Gasteiger partial charge in [-0.1, -0.05) is 18.9 Å². The standard InChI is InChI=1S/C10H15N7O/c1-6(2)7-5-8(16(3)13-7)9(18)11-10-12-14-15-17(10)4/h5-6H,1-4H3,(H,11,12,15,18). The van der Waals surface area contributed by atoms with Crippen LogP contribution in [0, 0.1) is 0 Å². The van der Waals surface area contributed by atoms with Crippen LogP contribution in [0.2, 0.25) is 0 Å². The Morgan fingerprint density at radius 3 is 2.56 bits per heavy atom. The third-order valence-corrected chi connectivity index (χ3v) is 2.57. The third kappa shape index (κ3) is 2.22. The van der Waals surface area contributed by atoms with Crippen molar-refractivity contribution in [3.05, 3.63) is 17.5 Å². The lowest BCUT2D eigenvalue weighted by molar-refractivity contribution is 0.101. The van der Waals surface area contributed by atoms with Crippen LogP contribution < -0.4 is 5.32 Å². The SMILES string of the molecule is CC(C)c1cc(C(=O)Nc2nnnn2C)n(C)n1. The maximum Gasteiger partial charge on any atom is 0.276 e. The second-order valence-electron chi connectivity index (χ2n) is 4.31. The highest BCUT2D eigenvalue weighted by molar-refractivity contribution is 6.02. The van der Waals surface area contributed by atoms with Gasteiger partial charge in [0.05, 0.1) is 5.69 Å². The molecule has 96 valence electrons. The summed E-state index contributed by atoms with van der Waals surface area (Å²) in [6.45, 7) is 4.05. The molecule has 0 radical (unpaired) electrons. The van der Waals surface area contributed by atoms with E-state index >= 15 is 0 Å². The Balaban J connectivity index is 2.21. The largest absolute Gasteiger partial charge is 0.288 e. The minimum atomic E-state index is -0.283. The van der Waals surface area contributed by atoms with Crippen molar-refractivity contribution < 1.29 is 4.79 Å². The number of hydrogen-bond donors (Lipinski definition) is 1. The monoisotopic (exact) mass is 249 g/mol. The van der Waals surface area contributed by atoms with Gasteiger partial charge < -0.3 is 0 Å². The van der Waals surface area contributed by atoms with E-state index in [2.05, 4.69) is 25.9 Å². The van der Waals surface area contributed by atoms with Gasteiger partial charge in [0.1, 0.15) is 5.69 Å². The fourth-order valence-corrected chi connectivity index (χ4v) is 1.49. The van der Waals surface area contributed by atoms with Crippen molar-refractivity contribution >= 4 is 11.9 Å². The van der Waals surface area contributed by atoms with E-state index < -0.39 is 0 Å². The fraction of sp³-hybridized carbons (Fsp3) is 0.500. The summed E-state index contributed by atoms with van der Waals surface area (Å²) in [5.74, 6) is 0.288. The first-order valence-electron chi connectivity index (χ1n) is 5.56. The van der Waals surface area contributed by atoms with E-state index in [9.17, 15) is 4.79 Å². The molecule has 0 saturated heterocycles. The number of nitrogens with zero attached hydrogens (tertiary/aromatic N) is 6. The zero-order chi connectivity index (χ0) is 13.3. The Hall–Kier alpha value is -2.25. The van der Waals surface area contributed by atoms with E-state index in [1.807, 2.05) is 13.8 Å². The average Bonchev–Trinajstić information content (AvgIpc) is 2.86. The number of rotatable bonds is 3. The molecule has 1 N–H and O–H groups in total. The molecule has 0 fully saturated rings. The molecule has 18 heavy (non-hydrogen) atoms. The molecular formula is C10H15N7O. The Kier molecular flexibility index (Phi) is 3.09. The minimum Gasteiger partial charge on any atom is -0.288 e. The third-order valence-electron chi connectivity index (χ3n) is 2.57. The van der Waals surface area contributed by atoms with Crippen molar-refractivity contribution in [1.82, 2.24) is 30.0 Å². The smallest absolute Gasteiger partial charge is 0.276 e. The molecule has 0 aromatic carbocycles. The molecule has 2 rings (SSSR count). The maximum atomic E-state index is 12.0. The molecule has 0 aliphatic heterocycles. The summed E-state index contributed by atoms with van der Waals surface area (Å²) in [7, 11) is 3.38. The summed E-state index contributed by atoms with van der Waals surface area (Å²) < 4.78 is 2.94. The number of anilines is 1. The van der Waals surface area contributed by atoms with Gasteiger partial charge >= 0.3 is 0 Å². The van der Waals surface area contributed by atoms with E-state index in [0.717, 1.165) is 5.69 Å². The lowest BCUT2D eigenvalue weighted by Crippen LogP contribution is -2.18. The number of amides is 1. The van der Waals surface area contributed by atoms with E-state index in [-0.39, 0.29) is 11.8 Å². The molecule has 0 spiro atoms. The number of carbonyl (C=O) groups is 1. The summed E-state index contributed by atoms with van der Waals surface area (Å²) in [4.78, 5) is 12.0. The predicted octanol–water partition coefficient (Wildman–Crippen LogP) is 0.319. The van der Waals surface area contributed by atoms with Crippen LogP contribution in [0.25, 0.3) is 0 Å². The van der Waals surface area contributed by atoms with Crippen molar-refractivity contribution in [3.8, 4) is 0 Å². The van der Waals surface area contributed by atoms with Crippen LogP contribution in [0.15, 0.2) is 6.07 Å². The molecule has 2 aromatic rings. The average molecular weight is 249 g/mol. The Bertz CT molecular complexity index is 569. The molecule has 0 bridgehead atoms. The van der Waals surface area contributed by atoms with Crippen molar-refractivity contribution in [3.63, 3.8) is 0 Å². The Morgan fingerprint density at radius 2 is 2.06 bits per heavy atom. The normalized spacial score (nSPS) is 10.9. The van der Waals surface area contributed by atoms with Crippen molar-refractivity contribution in [2.24, 2.45) is 14.1 Å². The maximum absolute atomic E-state index is 12.0. The zero-order valence-electron chi connectivity index (χ0n) is 10.7. The number of tetrazole rings is 1. The van der Waals surface area contributed by atoms with Gasteiger partial charge in [-0.05, 0) is 22.4 Å². The van der Waals surface area contributed by atoms with E-state index in [4.69, 9.17) is 0 Å². The van der Waals surface area contributed by atoms with Crippen LogP contribution in [0.3, 0.4) is 0 Å². The highest BCUT2D eigenvalue weighted by Gasteiger charge is 2.16. The Labute approximate surface area is 104 Å². The molecule has 0 aliphatic carbocycles. The lowest BCUT2D eigenvalue weighted by Gasteiger charge is -2.02. The molecule has 0 saturated carbocycles. The molecule has 8 heteroatoms. The Morgan fingerprint density at radius 1 is 1.33 bits per heavy atom. The topological polar surface area (TPSA) is 90.5 Å². The predicted molar refractivity (Wildman–Crippen MR) is 64.0 cm³/mol. The first-order valence-corrected chi connectivity index (χ1v) is 5.56. The van der Waals surface area contributed by atoms with Crippen molar-refractivity contribution in [2.75, 3.05) is 5.32 Å². The van der Waals surface area contributed by atoms with Gasteiger partial charge in [-0.25, -0.2) is 4.68 Å². The summed E-state index contributed by atoms with van der Waals surface area (Å²) in [6.07, 6.45) is 0. The first-order chi connectivity index (χ1) is 8.49. The molecule has 2 aromatic heterocycles. The van der Waals surface area contributed by atoms with Crippen LogP contribution in [0.1, 0.15) is 35.9 Å². The summed E-state index contributed by atoms with van der Waals surface area (Å²) in [5, 5.41) is 17.7. The summed E-state index contributed by atoms with van der Waals surface area (Å²) in [5.41, 5.74) is 1.35. The first kappa shape index (κ1) is 12.2. The molecule has 0 unspecified atom stereocenters. The van der Waals surface area contributed by atoms with Gasteiger partial charge in [0.2, 0.25) is 5.95 Å². The fourth-order valence-electron chi connectivity index (χ4n) is 1.49. The van der Waals surface area contributed by atoms with Gasteiger partial charge in [0.15, 0.2) is 0 Å². The van der Waals surface area contributed by atoms with Crippen LogP contribution in [-0.4, -0.2) is 35.9 Å². The lowest BCUT2D eigenvalue weighted by atomic mass is 10.1. The van der Waals surface area contributed by atoms with E-state index in [0.29, 0.717) is 11.6 Å². The second-order valence-corrected chi connectivity index (χ2v) is 4.31. The minimum absolute atomic E-state index is 0.272. The number of nitrogens with one attached hydrogen (secondary N) is 1. The molecule has 0 aliphatic rings. The van der Waals surface area contributed by atoms with Crippen molar-refractivity contribution in [2.45, 2.75) is 19.8 Å².